The predicted molar refractivity (Wildman–Crippen MR) is 96.0 cm³/mol. The number of nitrogens with zero attached hydrogens (tertiary/aromatic N) is 3. The molecule has 1 aliphatic rings. The second kappa shape index (κ2) is 7.62. The first-order chi connectivity index (χ1) is 12.0. The molecule has 0 amide bonds. The smallest absolute Gasteiger partial charge is 0.126 e. The van der Waals surface area contributed by atoms with E-state index in [0.29, 0.717) is 12.1 Å². The first-order valence-corrected chi connectivity index (χ1v) is 8.79. The highest BCUT2D eigenvalue weighted by atomic mass is 19.1. The minimum absolute atomic E-state index is 0.196. The Morgan fingerprint density at radius 3 is 2.84 bits per heavy atom. The van der Waals surface area contributed by atoms with Crippen LogP contribution in [0, 0.1) is 12.7 Å². The van der Waals surface area contributed by atoms with Gasteiger partial charge in [-0.2, -0.15) is 0 Å². The molecule has 1 aromatic carbocycles. The van der Waals surface area contributed by atoms with Crippen molar-refractivity contribution in [2.24, 2.45) is 0 Å². The maximum absolute atomic E-state index is 14.5. The van der Waals surface area contributed by atoms with E-state index >= 15 is 0 Å². The Labute approximate surface area is 147 Å². The summed E-state index contributed by atoms with van der Waals surface area (Å²) in [7, 11) is 4.03. The van der Waals surface area contributed by atoms with Crippen LogP contribution in [0.3, 0.4) is 0 Å². The maximum Gasteiger partial charge on any atom is 0.126 e. The van der Waals surface area contributed by atoms with Crippen LogP contribution in [-0.4, -0.2) is 54.4 Å². The van der Waals surface area contributed by atoms with E-state index in [-0.39, 0.29) is 11.7 Å². The van der Waals surface area contributed by atoms with Crippen LogP contribution in [0.2, 0.25) is 0 Å². The molecule has 0 unspecified atom stereocenters. The summed E-state index contributed by atoms with van der Waals surface area (Å²) < 4.78 is 30.1. The third-order valence-corrected chi connectivity index (χ3v) is 4.79. The Kier molecular flexibility index (Phi) is 5.49. The molecule has 2 heterocycles. The van der Waals surface area contributed by atoms with Gasteiger partial charge < -0.3 is 14.8 Å². The number of alkyl halides is 1. The zero-order valence-corrected chi connectivity index (χ0v) is 15.1. The number of imidazole rings is 1. The van der Waals surface area contributed by atoms with Crippen molar-refractivity contribution in [3.8, 4) is 11.3 Å². The molecule has 1 N–H and O–H groups in total. The number of nitrogens with one attached hydrogen (secondary N) is 1. The third kappa shape index (κ3) is 4.07. The zero-order valence-electron chi connectivity index (χ0n) is 15.1. The standard InChI is InChI=1S/C19H26F2N4/c1-13-10-14(4-5-16(13)20)18-12-25(9-8-24(2)3)19(23-18)15-6-7-22-11-17(15)21/h4-5,10,12,15,17,22H,6-9,11H2,1-3H3/t15-,17+/m1/s1. The van der Waals surface area contributed by atoms with Gasteiger partial charge in [0.2, 0.25) is 0 Å². The molecule has 1 aliphatic heterocycles. The van der Waals surface area contributed by atoms with Gasteiger partial charge in [-0.25, -0.2) is 13.8 Å². The Morgan fingerprint density at radius 1 is 1.36 bits per heavy atom. The molecule has 136 valence electrons. The minimum Gasteiger partial charge on any atom is -0.333 e. The number of hydrogen-bond donors (Lipinski definition) is 1. The maximum atomic E-state index is 14.5. The van der Waals surface area contributed by atoms with E-state index in [0.717, 1.165) is 43.1 Å². The second-order valence-corrected chi connectivity index (χ2v) is 7.06. The summed E-state index contributed by atoms with van der Waals surface area (Å²) >= 11 is 0. The quantitative estimate of drug-likeness (QED) is 0.902. The average molecular weight is 348 g/mol. The minimum atomic E-state index is -0.933. The molecule has 0 saturated carbocycles. The van der Waals surface area contributed by atoms with Gasteiger partial charge in [0.05, 0.1) is 11.6 Å². The van der Waals surface area contributed by atoms with Crippen molar-refractivity contribution < 1.29 is 8.78 Å². The fourth-order valence-corrected chi connectivity index (χ4v) is 3.27. The number of piperidine rings is 1. The van der Waals surface area contributed by atoms with Crippen LogP contribution in [0.15, 0.2) is 24.4 Å². The molecular formula is C19H26F2N4. The molecule has 1 saturated heterocycles. The van der Waals surface area contributed by atoms with E-state index in [1.54, 1.807) is 19.1 Å². The van der Waals surface area contributed by atoms with Gasteiger partial charge in [-0.3, -0.25) is 0 Å². The van der Waals surface area contributed by atoms with Crippen molar-refractivity contribution in [1.82, 2.24) is 19.8 Å². The second-order valence-electron chi connectivity index (χ2n) is 7.06. The van der Waals surface area contributed by atoms with Crippen LogP contribution in [0.1, 0.15) is 23.7 Å². The molecule has 3 rings (SSSR count). The first-order valence-electron chi connectivity index (χ1n) is 8.79. The van der Waals surface area contributed by atoms with Crippen molar-refractivity contribution in [1.29, 1.82) is 0 Å². The van der Waals surface area contributed by atoms with Crippen LogP contribution >= 0.6 is 0 Å². The normalized spacial score (nSPS) is 21.0. The summed E-state index contributed by atoms with van der Waals surface area (Å²) in [5.41, 5.74) is 2.24. The Morgan fingerprint density at radius 2 is 2.16 bits per heavy atom. The first kappa shape index (κ1) is 18.0. The van der Waals surface area contributed by atoms with E-state index in [4.69, 9.17) is 4.98 Å². The van der Waals surface area contributed by atoms with Gasteiger partial charge in [0, 0.05) is 31.4 Å². The van der Waals surface area contributed by atoms with E-state index in [1.807, 2.05) is 20.3 Å². The van der Waals surface area contributed by atoms with Crippen LogP contribution in [0.5, 0.6) is 0 Å². The Balaban J connectivity index is 1.96. The number of hydrogen-bond acceptors (Lipinski definition) is 3. The van der Waals surface area contributed by atoms with Crippen molar-refractivity contribution in [2.45, 2.75) is 32.0 Å². The molecule has 1 aromatic heterocycles. The molecule has 2 aromatic rings. The summed E-state index contributed by atoms with van der Waals surface area (Å²) in [5.74, 6) is 0.379. The van der Waals surface area contributed by atoms with Crippen molar-refractivity contribution in [2.75, 3.05) is 33.7 Å². The Bertz CT molecular complexity index is 726. The lowest BCUT2D eigenvalue weighted by molar-refractivity contribution is 0.220. The Hall–Kier alpha value is -1.79. The molecule has 0 bridgehead atoms. The van der Waals surface area contributed by atoms with Gasteiger partial charge in [-0.1, -0.05) is 0 Å². The number of halogens is 2. The predicted octanol–water partition coefficient (Wildman–Crippen LogP) is 2.97. The molecule has 4 nitrogen and oxygen atoms in total. The number of likely N-dealkylation sites (N-methyl/N-ethyl adjacent to an activating group) is 1. The molecule has 0 spiro atoms. The molecule has 1 fully saturated rings. The summed E-state index contributed by atoms with van der Waals surface area (Å²) in [6.07, 6.45) is 1.78. The summed E-state index contributed by atoms with van der Waals surface area (Å²) in [4.78, 5) is 6.86. The van der Waals surface area contributed by atoms with E-state index in [1.165, 1.54) is 6.07 Å². The summed E-state index contributed by atoms with van der Waals surface area (Å²) in [6, 6.07) is 5.00. The average Bonchev–Trinajstić information content (AvgIpc) is 3.00. The lowest BCUT2D eigenvalue weighted by atomic mass is 9.95. The van der Waals surface area contributed by atoms with Crippen LogP contribution < -0.4 is 5.32 Å². The van der Waals surface area contributed by atoms with Crippen molar-refractivity contribution in [3.63, 3.8) is 0 Å². The molecule has 2 atom stereocenters. The van der Waals surface area contributed by atoms with Crippen molar-refractivity contribution in [3.05, 3.63) is 41.6 Å². The number of aromatic nitrogens is 2. The third-order valence-electron chi connectivity index (χ3n) is 4.79. The SMILES string of the molecule is Cc1cc(-c2cn(CCN(C)C)c([C@@H]3CCNC[C@@H]3F)n2)ccc1F. The largest absolute Gasteiger partial charge is 0.333 e. The lowest BCUT2D eigenvalue weighted by Crippen LogP contribution is -2.38. The molecule has 0 radical (unpaired) electrons. The van der Waals surface area contributed by atoms with Gasteiger partial charge >= 0.3 is 0 Å². The van der Waals surface area contributed by atoms with Gasteiger partial charge in [-0.15, -0.1) is 0 Å². The highest BCUT2D eigenvalue weighted by Gasteiger charge is 2.30. The molecule has 6 heteroatoms. The fourth-order valence-electron chi connectivity index (χ4n) is 3.27. The highest BCUT2D eigenvalue weighted by Crippen LogP contribution is 2.30. The lowest BCUT2D eigenvalue weighted by Gasteiger charge is -2.27. The number of rotatable bonds is 5. The van der Waals surface area contributed by atoms with Gasteiger partial charge in [0.25, 0.3) is 0 Å². The summed E-state index contributed by atoms with van der Waals surface area (Å²) in [5, 5.41) is 3.09. The van der Waals surface area contributed by atoms with Crippen LogP contribution in [-0.2, 0) is 6.54 Å². The molecule has 0 aliphatic carbocycles. The zero-order chi connectivity index (χ0) is 18.0. The number of aryl methyl sites for hydroxylation is 1. The fraction of sp³-hybridized carbons (Fsp3) is 0.526. The topological polar surface area (TPSA) is 33.1 Å². The van der Waals surface area contributed by atoms with Gasteiger partial charge in [0.1, 0.15) is 17.8 Å². The van der Waals surface area contributed by atoms with E-state index < -0.39 is 6.17 Å². The molecule has 25 heavy (non-hydrogen) atoms. The van der Waals surface area contributed by atoms with Crippen LogP contribution in [0.4, 0.5) is 8.78 Å². The van der Waals surface area contributed by atoms with Gasteiger partial charge in [-0.05, 0) is 57.7 Å². The van der Waals surface area contributed by atoms with E-state index in [9.17, 15) is 8.78 Å². The highest BCUT2D eigenvalue weighted by molar-refractivity contribution is 5.60. The van der Waals surface area contributed by atoms with Crippen LogP contribution in [0.25, 0.3) is 11.3 Å². The van der Waals surface area contributed by atoms with Gasteiger partial charge in [0.15, 0.2) is 0 Å². The van der Waals surface area contributed by atoms with E-state index in [2.05, 4.69) is 14.8 Å². The summed E-state index contributed by atoms with van der Waals surface area (Å²) in [6.45, 7) is 4.53. The van der Waals surface area contributed by atoms with Crippen molar-refractivity contribution >= 4 is 0 Å². The number of benzene rings is 1. The monoisotopic (exact) mass is 348 g/mol. The molecular weight excluding hydrogens is 322 g/mol.